The molecule has 1 N–H and O–H groups in total. The molecule has 0 heterocycles. The van der Waals surface area contributed by atoms with Crippen molar-refractivity contribution in [2.24, 2.45) is 5.92 Å². The second-order valence-electron chi connectivity index (χ2n) is 7.94. The van der Waals surface area contributed by atoms with Gasteiger partial charge in [0, 0.05) is 22.0 Å². The van der Waals surface area contributed by atoms with Crippen LogP contribution in [0.1, 0.15) is 63.5 Å². The first-order chi connectivity index (χ1) is 14.5. The quantitative estimate of drug-likeness (QED) is 0.442. The van der Waals surface area contributed by atoms with Crippen LogP contribution in [0.4, 0.5) is 0 Å². The molecule has 1 aliphatic carbocycles. The van der Waals surface area contributed by atoms with Crippen molar-refractivity contribution in [1.82, 2.24) is 5.32 Å². The molecular weight excluding hydrogens is 413 g/mol. The topological polar surface area (TPSA) is 29.1 Å². The van der Waals surface area contributed by atoms with Crippen LogP contribution in [0.2, 0.25) is 10.0 Å². The lowest BCUT2D eigenvalue weighted by Crippen LogP contribution is -2.20. The Balaban J connectivity index is 0.000000343. The summed E-state index contributed by atoms with van der Waals surface area (Å²) >= 11 is 12.0. The number of halogens is 2. The van der Waals surface area contributed by atoms with Crippen molar-refractivity contribution >= 4 is 40.6 Å². The predicted octanol–water partition coefficient (Wildman–Crippen LogP) is 7.69. The minimum atomic E-state index is 0.0988. The van der Waals surface area contributed by atoms with E-state index in [4.69, 9.17) is 23.2 Å². The van der Waals surface area contributed by atoms with E-state index in [0.29, 0.717) is 6.04 Å². The second kappa shape index (κ2) is 12.9. The number of allylic oxidation sites excluding steroid dienone is 2. The van der Waals surface area contributed by atoms with Gasteiger partial charge in [0.1, 0.15) is 6.29 Å². The predicted molar refractivity (Wildman–Crippen MR) is 131 cm³/mol. The van der Waals surface area contributed by atoms with E-state index in [9.17, 15) is 4.79 Å². The van der Waals surface area contributed by atoms with Gasteiger partial charge >= 0.3 is 0 Å². The largest absolute Gasteiger partial charge is 0.317 e. The molecule has 30 heavy (non-hydrogen) atoms. The Kier molecular flexibility index (Phi) is 10.6. The van der Waals surface area contributed by atoms with Gasteiger partial charge in [-0.15, -0.1) is 0 Å². The third-order valence-electron chi connectivity index (χ3n) is 5.66. The molecule has 0 saturated heterocycles. The summed E-state index contributed by atoms with van der Waals surface area (Å²) in [5.74, 6) is 0.0988. The summed E-state index contributed by atoms with van der Waals surface area (Å²) in [6, 6.07) is 16.5. The fourth-order valence-corrected chi connectivity index (χ4v) is 3.90. The van der Waals surface area contributed by atoms with Gasteiger partial charge < -0.3 is 10.1 Å². The first kappa shape index (κ1) is 24.7. The zero-order valence-electron chi connectivity index (χ0n) is 18.3. The van der Waals surface area contributed by atoms with Gasteiger partial charge in [-0.25, -0.2) is 0 Å². The zero-order valence-corrected chi connectivity index (χ0v) is 19.8. The Morgan fingerprint density at radius 2 is 1.53 bits per heavy atom. The highest BCUT2D eigenvalue weighted by Gasteiger charge is 2.22. The third kappa shape index (κ3) is 7.58. The van der Waals surface area contributed by atoms with Crippen molar-refractivity contribution in [1.29, 1.82) is 0 Å². The maximum absolute atomic E-state index is 11.2. The highest BCUT2D eigenvalue weighted by atomic mass is 35.5. The SMILES string of the molecule is CCCCC(C)NC.O=CC1CCC(c2ccc(Cl)cc2)=C(c2ccc(Cl)cc2)C1. The highest BCUT2D eigenvalue weighted by molar-refractivity contribution is 6.31. The number of hydrogen-bond acceptors (Lipinski definition) is 2. The lowest BCUT2D eigenvalue weighted by atomic mass is 9.79. The van der Waals surface area contributed by atoms with Crippen LogP contribution in [-0.2, 0) is 4.79 Å². The van der Waals surface area contributed by atoms with Crippen molar-refractivity contribution in [3.05, 3.63) is 69.7 Å². The molecule has 2 unspecified atom stereocenters. The van der Waals surface area contributed by atoms with E-state index >= 15 is 0 Å². The smallest absolute Gasteiger partial charge is 0.123 e. The molecule has 0 spiro atoms. The summed E-state index contributed by atoms with van der Waals surface area (Å²) in [4.78, 5) is 11.2. The van der Waals surface area contributed by atoms with E-state index in [1.807, 2.05) is 43.4 Å². The van der Waals surface area contributed by atoms with Crippen LogP contribution in [0.15, 0.2) is 48.5 Å². The highest BCUT2D eigenvalue weighted by Crippen LogP contribution is 2.40. The Hall–Kier alpha value is -1.61. The maximum Gasteiger partial charge on any atom is 0.123 e. The molecule has 2 aromatic carbocycles. The standard InChI is InChI=1S/C19H16Cl2O.C7H17N/c20-16-6-2-14(3-7-16)18-10-1-13(12-22)11-19(18)15-4-8-17(21)9-5-15;1-4-5-6-7(2)8-3/h2-9,12-13H,1,10-11H2;7-8H,4-6H2,1-3H3. The van der Waals surface area contributed by atoms with E-state index < -0.39 is 0 Å². The van der Waals surface area contributed by atoms with Gasteiger partial charge in [-0.3, -0.25) is 0 Å². The second-order valence-corrected chi connectivity index (χ2v) is 8.81. The number of carbonyl (C=O) groups excluding carboxylic acids is 1. The molecular formula is C26H33Cl2NO. The normalized spacial score (nSPS) is 17.2. The molecule has 2 atom stereocenters. The molecule has 0 fully saturated rings. The fraction of sp³-hybridized carbons (Fsp3) is 0.423. The van der Waals surface area contributed by atoms with Gasteiger partial charge in [-0.1, -0.05) is 67.2 Å². The Morgan fingerprint density at radius 1 is 1.00 bits per heavy atom. The van der Waals surface area contributed by atoms with E-state index in [0.717, 1.165) is 41.2 Å². The molecule has 4 heteroatoms. The minimum absolute atomic E-state index is 0.0988. The van der Waals surface area contributed by atoms with Gasteiger partial charge in [0.05, 0.1) is 0 Å². The number of hydrogen-bond donors (Lipinski definition) is 1. The number of aldehydes is 1. The lowest BCUT2D eigenvalue weighted by Gasteiger charge is -2.25. The summed E-state index contributed by atoms with van der Waals surface area (Å²) in [5.41, 5.74) is 4.86. The average Bonchev–Trinajstić information content (AvgIpc) is 2.78. The van der Waals surface area contributed by atoms with E-state index in [2.05, 4.69) is 31.3 Å². The number of benzene rings is 2. The molecule has 0 aliphatic heterocycles. The molecule has 0 aromatic heterocycles. The van der Waals surface area contributed by atoms with E-state index in [1.165, 1.54) is 36.0 Å². The summed E-state index contributed by atoms with van der Waals surface area (Å²) in [6.45, 7) is 4.44. The van der Waals surface area contributed by atoms with E-state index in [-0.39, 0.29) is 5.92 Å². The molecule has 0 saturated carbocycles. The van der Waals surface area contributed by atoms with Crippen LogP contribution < -0.4 is 5.32 Å². The van der Waals surface area contributed by atoms with Gasteiger partial charge in [-0.2, -0.15) is 0 Å². The van der Waals surface area contributed by atoms with Crippen LogP contribution in [0.5, 0.6) is 0 Å². The maximum atomic E-state index is 11.2. The molecule has 0 radical (unpaired) electrons. The lowest BCUT2D eigenvalue weighted by molar-refractivity contribution is -0.111. The number of unbranched alkanes of at least 4 members (excludes halogenated alkanes) is 1. The van der Waals surface area contributed by atoms with Crippen LogP contribution in [-0.4, -0.2) is 19.4 Å². The Morgan fingerprint density at radius 3 is 2.00 bits per heavy atom. The summed E-state index contributed by atoms with van der Waals surface area (Å²) < 4.78 is 0. The van der Waals surface area contributed by atoms with Gasteiger partial charge in [0.15, 0.2) is 0 Å². The van der Waals surface area contributed by atoms with Crippen molar-refractivity contribution in [2.45, 2.75) is 58.4 Å². The number of carbonyl (C=O) groups is 1. The van der Waals surface area contributed by atoms with Gasteiger partial charge in [0.2, 0.25) is 0 Å². The van der Waals surface area contributed by atoms with Crippen LogP contribution >= 0.6 is 23.2 Å². The average molecular weight is 446 g/mol. The molecule has 162 valence electrons. The van der Waals surface area contributed by atoms with E-state index in [1.54, 1.807) is 0 Å². The summed E-state index contributed by atoms with van der Waals surface area (Å²) in [5, 5.41) is 4.66. The number of rotatable bonds is 7. The third-order valence-corrected chi connectivity index (χ3v) is 6.16. The van der Waals surface area contributed by atoms with Crippen LogP contribution in [0.3, 0.4) is 0 Å². The molecule has 3 rings (SSSR count). The van der Waals surface area contributed by atoms with Crippen LogP contribution in [0.25, 0.3) is 11.1 Å². The molecule has 1 aliphatic rings. The van der Waals surface area contributed by atoms with Crippen molar-refractivity contribution in [2.75, 3.05) is 7.05 Å². The molecule has 2 aromatic rings. The fourth-order valence-electron chi connectivity index (χ4n) is 3.65. The first-order valence-electron chi connectivity index (χ1n) is 10.8. The molecule has 0 bridgehead atoms. The monoisotopic (exact) mass is 445 g/mol. The Bertz CT molecular complexity index is 812. The minimum Gasteiger partial charge on any atom is -0.317 e. The summed E-state index contributed by atoms with van der Waals surface area (Å²) in [6.07, 6.45) is 7.64. The van der Waals surface area contributed by atoms with Crippen molar-refractivity contribution in [3.8, 4) is 0 Å². The van der Waals surface area contributed by atoms with Gasteiger partial charge in [0.25, 0.3) is 0 Å². The van der Waals surface area contributed by atoms with Crippen LogP contribution in [0, 0.1) is 5.92 Å². The summed E-state index contributed by atoms with van der Waals surface area (Å²) in [7, 11) is 2.01. The van der Waals surface area contributed by atoms with Gasteiger partial charge in [-0.05, 0) is 86.2 Å². The number of nitrogens with one attached hydrogen (secondary N) is 1. The first-order valence-corrected chi connectivity index (χ1v) is 11.6. The van der Waals surface area contributed by atoms with Crippen molar-refractivity contribution < 1.29 is 4.79 Å². The zero-order chi connectivity index (χ0) is 21.9. The molecule has 0 amide bonds. The Labute approximate surface area is 191 Å². The molecule has 2 nitrogen and oxygen atoms in total. The van der Waals surface area contributed by atoms with Crippen molar-refractivity contribution in [3.63, 3.8) is 0 Å².